The molecule has 0 unspecified atom stereocenters. The van der Waals surface area contributed by atoms with E-state index in [1.807, 2.05) is 29.1 Å². The third-order valence-corrected chi connectivity index (χ3v) is 10.1. The lowest BCUT2D eigenvalue weighted by Crippen LogP contribution is -2.24. The lowest BCUT2D eigenvalue weighted by atomic mass is 9.89. The normalized spacial score (nSPS) is 20.5. The molecule has 3 atom stereocenters. The molecule has 0 aliphatic carbocycles. The maximum Gasteiger partial charge on any atom is 0.302 e. The Bertz CT molecular complexity index is 1900. The van der Waals surface area contributed by atoms with E-state index in [2.05, 4.69) is 47.1 Å². The molecule has 4 aromatic rings. The van der Waals surface area contributed by atoms with Gasteiger partial charge in [-0.25, -0.2) is 0 Å². The van der Waals surface area contributed by atoms with Gasteiger partial charge in [0.15, 0.2) is 11.5 Å². The van der Waals surface area contributed by atoms with Gasteiger partial charge in [-0.3, -0.25) is 9.59 Å². The van der Waals surface area contributed by atoms with Crippen LogP contribution in [-0.2, 0) is 33.8 Å². The summed E-state index contributed by atoms with van der Waals surface area (Å²) < 4.78 is 13.2. The molecule has 4 heterocycles. The average molecular weight is 681 g/mol. The molecule has 264 valence electrons. The predicted octanol–water partition coefficient (Wildman–Crippen LogP) is 6.82. The van der Waals surface area contributed by atoms with Crippen LogP contribution >= 0.6 is 0 Å². The van der Waals surface area contributed by atoms with Crippen LogP contribution in [0.5, 0.6) is 11.5 Å². The molecule has 4 bridgehead atoms. The minimum absolute atomic E-state index is 0.00541. The molecule has 2 aromatic heterocycles. The third kappa shape index (κ3) is 8.08. The van der Waals surface area contributed by atoms with E-state index in [4.69, 9.17) is 9.47 Å². The summed E-state index contributed by atoms with van der Waals surface area (Å²) in [7, 11) is 1.49. The number of aliphatic hydroxyl groups excluding tert-OH is 1. The van der Waals surface area contributed by atoms with E-state index in [0.717, 1.165) is 65.5 Å². The highest BCUT2D eigenvalue weighted by Gasteiger charge is 2.26. The van der Waals surface area contributed by atoms with Gasteiger partial charge in [-0.05, 0) is 90.1 Å². The van der Waals surface area contributed by atoms with Crippen molar-refractivity contribution in [3.8, 4) is 11.5 Å². The number of rotatable bonds is 5. The first-order valence-electron chi connectivity index (χ1n) is 17.6. The Balaban J connectivity index is 1.43. The molecule has 0 amide bonds. The van der Waals surface area contributed by atoms with E-state index in [1.165, 1.54) is 30.7 Å². The molecule has 0 saturated heterocycles. The SMILES string of the molecule is CC[C@H]1CC[C@@H](OC(C)=O)CC(=O)C[C@H](c2ccc(O)c(OC)c2)n2cc3c(CO)ccc(c3c2)NC2=CC(=CCN2)CCc2c[nH]cc2C1. The minimum atomic E-state index is -0.532. The summed E-state index contributed by atoms with van der Waals surface area (Å²) >= 11 is 0. The smallest absolute Gasteiger partial charge is 0.302 e. The number of ketones is 1. The number of nitrogens with zero attached hydrogens (tertiary/aromatic N) is 1. The summed E-state index contributed by atoms with van der Waals surface area (Å²) in [5.74, 6) is 1.14. The molecule has 2 aliphatic rings. The molecule has 0 radical (unpaired) electrons. The number of hydrogen-bond acceptors (Lipinski definition) is 8. The van der Waals surface area contributed by atoms with Crippen molar-refractivity contribution in [1.29, 1.82) is 0 Å². The molecule has 0 spiro atoms. The Hall–Kier alpha value is -4.96. The van der Waals surface area contributed by atoms with Crippen LogP contribution in [0.15, 0.2) is 78.7 Å². The van der Waals surface area contributed by atoms with Gasteiger partial charge in [0.05, 0.1) is 19.8 Å². The minimum Gasteiger partial charge on any atom is -0.504 e. The van der Waals surface area contributed by atoms with Gasteiger partial charge >= 0.3 is 5.97 Å². The van der Waals surface area contributed by atoms with Crippen LogP contribution in [-0.4, -0.2) is 51.3 Å². The molecule has 6 rings (SSSR count). The van der Waals surface area contributed by atoms with Crippen molar-refractivity contribution >= 4 is 28.2 Å². The first kappa shape index (κ1) is 34.9. The fourth-order valence-electron chi connectivity index (χ4n) is 7.32. The number of ether oxygens (including phenoxy) is 2. The molecule has 0 fully saturated rings. The molecule has 50 heavy (non-hydrogen) atoms. The van der Waals surface area contributed by atoms with Gasteiger partial charge in [0, 0.05) is 67.6 Å². The zero-order valence-corrected chi connectivity index (χ0v) is 29.1. The number of hydrogen-bond donors (Lipinski definition) is 5. The fourth-order valence-corrected chi connectivity index (χ4v) is 7.32. The van der Waals surface area contributed by atoms with Crippen molar-refractivity contribution in [3.05, 3.63) is 101 Å². The topological polar surface area (TPSA) is 138 Å². The Labute approximate surface area is 293 Å². The van der Waals surface area contributed by atoms with Crippen LogP contribution < -0.4 is 15.4 Å². The quantitative estimate of drug-likeness (QED) is 0.145. The number of dihydropyridines is 1. The van der Waals surface area contributed by atoms with E-state index in [1.54, 1.807) is 18.2 Å². The Morgan fingerprint density at radius 3 is 2.62 bits per heavy atom. The maximum atomic E-state index is 14.0. The number of aryl methyl sites for hydroxylation is 1. The van der Waals surface area contributed by atoms with Gasteiger partial charge in [-0.15, -0.1) is 0 Å². The Morgan fingerprint density at radius 2 is 1.84 bits per heavy atom. The first-order chi connectivity index (χ1) is 24.2. The highest BCUT2D eigenvalue weighted by molar-refractivity contribution is 5.97. The van der Waals surface area contributed by atoms with Crippen LogP contribution in [0.4, 0.5) is 5.69 Å². The number of aliphatic hydroxyl groups is 1. The standard InChI is InChI=1S/C40H48N4O6/c1-4-26-6-10-33(50-25(2)46)18-32(47)19-37(28-9-12-38(48)39(17-28)49-3)44-22-34-30(24-45)8-11-36(35(34)23-44)43-40-16-27(13-14-42-40)5-7-29-20-41-21-31(29)15-26/h8-9,11-13,16-17,20-23,26,33,37,41-43,45,48H,4-7,10,14-15,18-19,24H2,1-3H3/t26-,33+,37+/m0/s1. The number of aromatic amines is 1. The molecule has 0 saturated carbocycles. The summed E-state index contributed by atoms with van der Waals surface area (Å²) in [6.07, 6.45) is 17.4. The number of carbonyl (C=O) groups is 2. The number of methoxy groups -OCH3 is 1. The van der Waals surface area contributed by atoms with Crippen LogP contribution in [0.2, 0.25) is 0 Å². The number of benzene rings is 2. The molecule has 10 nitrogen and oxygen atoms in total. The van der Waals surface area contributed by atoms with Crippen molar-refractivity contribution in [2.45, 2.75) is 84.0 Å². The van der Waals surface area contributed by atoms with Crippen LogP contribution in [0, 0.1) is 5.92 Å². The van der Waals surface area contributed by atoms with Gasteiger partial charge in [-0.1, -0.05) is 31.6 Å². The lowest BCUT2D eigenvalue weighted by Gasteiger charge is -2.23. The van der Waals surface area contributed by atoms with E-state index < -0.39 is 18.1 Å². The number of phenolic OH excluding ortho intramolecular Hbond substituents is 1. The number of nitrogens with one attached hydrogen (secondary N) is 3. The first-order valence-corrected chi connectivity index (χ1v) is 17.6. The molecule has 10 heteroatoms. The number of allylic oxidation sites excluding steroid dienone is 2. The van der Waals surface area contributed by atoms with Gasteiger partial charge in [0.1, 0.15) is 17.7 Å². The second-order valence-corrected chi connectivity index (χ2v) is 13.5. The number of phenols is 1. The summed E-state index contributed by atoms with van der Waals surface area (Å²) in [5, 5.41) is 29.5. The van der Waals surface area contributed by atoms with Crippen molar-refractivity contribution in [2.75, 3.05) is 19.0 Å². The summed E-state index contributed by atoms with van der Waals surface area (Å²) in [4.78, 5) is 29.5. The highest BCUT2D eigenvalue weighted by Crippen LogP contribution is 2.36. The van der Waals surface area contributed by atoms with E-state index >= 15 is 0 Å². The van der Waals surface area contributed by atoms with E-state index in [-0.39, 0.29) is 31.0 Å². The summed E-state index contributed by atoms with van der Waals surface area (Å²) in [6, 6.07) is 8.54. The number of aromatic hydroxyl groups is 1. The fraction of sp³-hybridized carbons (Fsp3) is 0.400. The summed E-state index contributed by atoms with van der Waals surface area (Å²) in [5.41, 5.74) is 6.27. The van der Waals surface area contributed by atoms with Crippen molar-refractivity contribution in [2.24, 2.45) is 5.92 Å². The number of Topliss-reactive ketones (excluding diaryl/α,β-unsaturated/α-hetero) is 1. The zero-order chi connectivity index (χ0) is 35.2. The highest BCUT2D eigenvalue weighted by atomic mass is 16.5. The largest absolute Gasteiger partial charge is 0.504 e. The molecular formula is C40H48N4O6. The van der Waals surface area contributed by atoms with Crippen LogP contribution in [0.25, 0.3) is 10.8 Å². The number of anilines is 1. The van der Waals surface area contributed by atoms with Crippen molar-refractivity contribution < 1.29 is 29.3 Å². The van der Waals surface area contributed by atoms with Gasteiger partial charge in [-0.2, -0.15) is 0 Å². The third-order valence-electron chi connectivity index (χ3n) is 10.1. The number of aromatic nitrogens is 2. The van der Waals surface area contributed by atoms with Gasteiger partial charge in [0.2, 0.25) is 0 Å². The van der Waals surface area contributed by atoms with Gasteiger partial charge in [0.25, 0.3) is 0 Å². The molecule has 5 N–H and O–H groups in total. The monoisotopic (exact) mass is 680 g/mol. The van der Waals surface area contributed by atoms with Crippen molar-refractivity contribution in [3.63, 3.8) is 0 Å². The molecular weight excluding hydrogens is 632 g/mol. The summed E-state index contributed by atoms with van der Waals surface area (Å²) in [6.45, 7) is 4.15. The number of fused-ring (bicyclic) bond motifs is 3. The Kier molecular flexibility index (Phi) is 11.0. The average Bonchev–Trinajstić information content (AvgIpc) is 3.75. The second-order valence-electron chi connectivity index (χ2n) is 13.5. The van der Waals surface area contributed by atoms with E-state index in [0.29, 0.717) is 24.6 Å². The van der Waals surface area contributed by atoms with Crippen molar-refractivity contribution in [1.82, 2.24) is 14.9 Å². The molecule has 2 aromatic carbocycles. The number of esters is 1. The van der Waals surface area contributed by atoms with Gasteiger partial charge < -0.3 is 39.9 Å². The Morgan fingerprint density at radius 1 is 1.02 bits per heavy atom. The number of H-pyrrole nitrogens is 1. The van der Waals surface area contributed by atoms with E-state index in [9.17, 15) is 19.8 Å². The predicted molar refractivity (Wildman–Crippen MR) is 194 cm³/mol. The zero-order valence-electron chi connectivity index (χ0n) is 29.1. The van der Waals surface area contributed by atoms with Crippen LogP contribution in [0.1, 0.15) is 80.7 Å². The van der Waals surface area contributed by atoms with Crippen LogP contribution in [0.3, 0.4) is 0 Å². The maximum absolute atomic E-state index is 14.0. The molecule has 2 aliphatic heterocycles. The lowest BCUT2D eigenvalue weighted by molar-refractivity contribution is -0.148. The number of carbonyl (C=O) groups excluding carboxylic acids is 2. The second kappa shape index (κ2) is 15.7.